The molecule has 0 radical (unpaired) electrons. The molecule has 28 heavy (non-hydrogen) atoms. The first-order chi connectivity index (χ1) is 13.4. The molecular weight excluding hydrogens is 358 g/mol. The minimum atomic E-state index is -0.636. The van der Waals surface area contributed by atoms with Gasteiger partial charge in [0.2, 0.25) is 0 Å². The van der Waals surface area contributed by atoms with Gasteiger partial charge < -0.3 is 15.8 Å². The second-order valence-corrected chi connectivity index (χ2v) is 6.39. The highest BCUT2D eigenvalue weighted by molar-refractivity contribution is 6.06. The van der Waals surface area contributed by atoms with Crippen molar-refractivity contribution in [1.82, 2.24) is 14.5 Å². The average Bonchev–Trinajstić information content (AvgIpc) is 2.64. The normalized spacial score (nSPS) is 10.7. The number of pyridine rings is 1. The number of benzene rings is 1. The van der Waals surface area contributed by atoms with Crippen LogP contribution < -0.4 is 16.6 Å². The number of hydrogen-bond donors (Lipinski definition) is 2. The van der Waals surface area contributed by atoms with Gasteiger partial charge in [0.15, 0.2) is 0 Å². The average molecular weight is 379 g/mol. The van der Waals surface area contributed by atoms with Crippen LogP contribution in [0.4, 0.5) is 11.5 Å². The Hall–Kier alpha value is -3.52. The highest BCUT2D eigenvalue weighted by atomic mass is 16.5. The number of anilines is 2. The number of amides is 1. The van der Waals surface area contributed by atoms with Gasteiger partial charge in [-0.3, -0.25) is 19.1 Å². The molecule has 0 bridgehead atoms. The molecule has 3 rings (SSSR count). The highest BCUT2D eigenvalue weighted by Crippen LogP contribution is 2.21. The van der Waals surface area contributed by atoms with Crippen LogP contribution in [0.25, 0.3) is 5.69 Å². The van der Waals surface area contributed by atoms with Crippen LogP contribution in [-0.4, -0.2) is 27.6 Å². The van der Waals surface area contributed by atoms with Crippen LogP contribution in [-0.2, 0) is 11.3 Å². The zero-order chi connectivity index (χ0) is 20.3. The van der Waals surface area contributed by atoms with Gasteiger partial charge in [-0.15, -0.1) is 0 Å². The molecule has 0 aliphatic rings. The second-order valence-electron chi connectivity index (χ2n) is 6.39. The van der Waals surface area contributed by atoms with E-state index in [9.17, 15) is 9.59 Å². The summed E-state index contributed by atoms with van der Waals surface area (Å²) in [6.07, 6.45) is 4.40. The third-order valence-corrected chi connectivity index (χ3v) is 4.25. The summed E-state index contributed by atoms with van der Waals surface area (Å²) in [4.78, 5) is 33.7. The van der Waals surface area contributed by atoms with Crippen LogP contribution in [0.1, 0.15) is 27.0 Å². The topological polar surface area (TPSA) is 112 Å². The van der Waals surface area contributed by atoms with Gasteiger partial charge in [-0.1, -0.05) is 12.1 Å². The first-order valence-corrected chi connectivity index (χ1v) is 8.60. The minimum absolute atomic E-state index is 0.131. The highest BCUT2D eigenvalue weighted by Gasteiger charge is 2.20. The lowest BCUT2D eigenvalue weighted by Crippen LogP contribution is -2.31. The molecule has 0 spiro atoms. The fourth-order valence-electron chi connectivity index (χ4n) is 3.15. The van der Waals surface area contributed by atoms with Crippen LogP contribution in [0.2, 0.25) is 0 Å². The van der Waals surface area contributed by atoms with E-state index >= 15 is 0 Å². The Labute approximate surface area is 162 Å². The van der Waals surface area contributed by atoms with Crippen LogP contribution in [0, 0.1) is 13.8 Å². The summed E-state index contributed by atoms with van der Waals surface area (Å²) in [7, 11) is 1.63. The molecule has 144 valence electrons. The first kappa shape index (κ1) is 19.2. The first-order valence-electron chi connectivity index (χ1n) is 8.60. The molecule has 3 N–H and O–H groups in total. The molecule has 0 aliphatic heterocycles. The number of aromatic nitrogens is 3. The number of carbonyl (C=O) groups excluding carboxylic acids is 1. The third kappa shape index (κ3) is 3.77. The van der Waals surface area contributed by atoms with Crippen LogP contribution in [0.15, 0.2) is 47.8 Å². The van der Waals surface area contributed by atoms with E-state index in [4.69, 9.17) is 10.5 Å². The third-order valence-electron chi connectivity index (χ3n) is 4.25. The van der Waals surface area contributed by atoms with E-state index in [1.54, 1.807) is 25.4 Å². The molecular formula is C20H21N5O3. The molecule has 8 heteroatoms. The van der Waals surface area contributed by atoms with Gasteiger partial charge in [-0.2, -0.15) is 0 Å². The molecule has 0 aliphatic carbocycles. The molecule has 0 fully saturated rings. The number of nitrogens with zero attached hydrogens (tertiary/aromatic N) is 3. The van der Waals surface area contributed by atoms with E-state index in [0.717, 1.165) is 16.7 Å². The fourth-order valence-corrected chi connectivity index (χ4v) is 3.15. The van der Waals surface area contributed by atoms with Crippen LogP contribution in [0.3, 0.4) is 0 Å². The number of hydrogen-bond acceptors (Lipinski definition) is 6. The zero-order valence-corrected chi connectivity index (χ0v) is 15.9. The lowest BCUT2D eigenvalue weighted by Gasteiger charge is -2.16. The molecule has 3 aromatic rings. The van der Waals surface area contributed by atoms with Crippen molar-refractivity contribution in [3.63, 3.8) is 0 Å². The van der Waals surface area contributed by atoms with Crippen molar-refractivity contribution in [2.24, 2.45) is 0 Å². The number of nitrogen functional groups attached to an aromatic ring is 1. The van der Waals surface area contributed by atoms with Crippen molar-refractivity contribution in [3.05, 3.63) is 75.6 Å². The number of ether oxygens (including phenoxy) is 1. The van der Waals surface area contributed by atoms with Crippen molar-refractivity contribution in [1.29, 1.82) is 0 Å². The molecule has 0 saturated carbocycles. The summed E-state index contributed by atoms with van der Waals surface area (Å²) in [5, 5.41) is 2.62. The Balaban J connectivity index is 2.07. The Bertz CT molecular complexity index is 1050. The molecule has 1 aromatic carbocycles. The van der Waals surface area contributed by atoms with E-state index in [-0.39, 0.29) is 11.4 Å². The lowest BCUT2D eigenvalue weighted by atomic mass is 10.0. The van der Waals surface area contributed by atoms with Crippen LogP contribution >= 0.6 is 0 Å². The zero-order valence-electron chi connectivity index (χ0n) is 15.9. The van der Waals surface area contributed by atoms with Gasteiger partial charge in [0, 0.05) is 13.3 Å². The van der Waals surface area contributed by atoms with Crippen molar-refractivity contribution in [2.45, 2.75) is 20.5 Å². The second kappa shape index (κ2) is 8.01. The predicted molar refractivity (Wildman–Crippen MR) is 107 cm³/mol. The molecule has 0 atom stereocenters. The van der Waals surface area contributed by atoms with E-state index < -0.39 is 11.5 Å². The number of carbonyl (C=O) groups is 1. The monoisotopic (exact) mass is 379 g/mol. The smallest absolute Gasteiger partial charge is 0.272 e. The van der Waals surface area contributed by atoms with Gasteiger partial charge >= 0.3 is 0 Å². The van der Waals surface area contributed by atoms with E-state index in [2.05, 4.69) is 15.3 Å². The molecule has 2 heterocycles. The Morgan fingerprint density at radius 2 is 2.00 bits per heavy atom. The van der Waals surface area contributed by atoms with Gasteiger partial charge in [0.25, 0.3) is 11.5 Å². The molecule has 2 aromatic heterocycles. The van der Waals surface area contributed by atoms with E-state index in [1.165, 1.54) is 17.1 Å². The summed E-state index contributed by atoms with van der Waals surface area (Å²) in [6, 6.07) is 7.21. The minimum Gasteiger partial charge on any atom is -0.383 e. The Morgan fingerprint density at radius 3 is 2.61 bits per heavy atom. The maximum Gasteiger partial charge on any atom is 0.272 e. The van der Waals surface area contributed by atoms with Crippen molar-refractivity contribution >= 4 is 17.4 Å². The molecule has 8 nitrogen and oxygen atoms in total. The summed E-state index contributed by atoms with van der Waals surface area (Å²) < 4.78 is 6.52. The SMILES string of the molecule is COCc1cc(C)c(-n2cnc(N)c(C(=O)Nc3cccnc3)c2=O)c(C)c1. The van der Waals surface area contributed by atoms with Crippen molar-refractivity contribution < 1.29 is 9.53 Å². The number of nitrogens with one attached hydrogen (secondary N) is 1. The summed E-state index contributed by atoms with van der Waals surface area (Å²) in [6.45, 7) is 4.25. The van der Waals surface area contributed by atoms with Gasteiger partial charge in [0.1, 0.15) is 17.7 Å². The van der Waals surface area contributed by atoms with Gasteiger partial charge in [-0.25, -0.2) is 4.98 Å². The predicted octanol–water partition coefficient (Wildman–Crippen LogP) is 2.23. The molecule has 0 saturated heterocycles. The van der Waals surface area contributed by atoms with Crippen LogP contribution in [0.5, 0.6) is 0 Å². The maximum absolute atomic E-state index is 13.1. The fraction of sp³-hybridized carbons (Fsp3) is 0.200. The van der Waals surface area contributed by atoms with E-state index in [1.807, 2.05) is 26.0 Å². The number of nitrogens with two attached hydrogens (primary N) is 1. The Morgan fingerprint density at radius 1 is 1.29 bits per heavy atom. The largest absolute Gasteiger partial charge is 0.383 e. The lowest BCUT2D eigenvalue weighted by molar-refractivity contribution is 0.102. The summed E-state index contributed by atoms with van der Waals surface area (Å²) in [5.74, 6) is -0.766. The quantitative estimate of drug-likeness (QED) is 0.703. The number of aryl methyl sites for hydroxylation is 2. The Kier molecular flexibility index (Phi) is 5.51. The maximum atomic E-state index is 13.1. The number of methoxy groups -OCH3 is 1. The molecule has 0 unspecified atom stereocenters. The standard InChI is InChI=1S/C20H21N5O3/c1-12-7-14(10-28-3)8-13(2)17(12)25-11-23-18(21)16(20(25)27)19(26)24-15-5-4-6-22-9-15/h4-9,11H,10,21H2,1-3H3,(H,24,26). The van der Waals surface area contributed by atoms with Gasteiger partial charge in [-0.05, 0) is 42.7 Å². The summed E-state index contributed by atoms with van der Waals surface area (Å²) in [5.41, 5.74) is 8.92. The van der Waals surface area contributed by atoms with Crippen molar-refractivity contribution in [2.75, 3.05) is 18.2 Å². The number of rotatable bonds is 5. The van der Waals surface area contributed by atoms with Crippen molar-refractivity contribution in [3.8, 4) is 5.69 Å². The van der Waals surface area contributed by atoms with Gasteiger partial charge in [0.05, 0.1) is 24.2 Å². The van der Waals surface area contributed by atoms with E-state index in [0.29, 0.717) is 18.0 Å². The molecule has 1 amide bonds. The summed E-state index contributed by atoms with van der Waals surface area (Å²) >= 11 is 0.